The fourth-order valence-corrected chi connectivity index (χ4v) is 2.52. The van der Waals surface area contributed by atoms with Crippen molar-refractivity contribution in [2.24, 2.45) is 5.73 Å². The van der Waals surface area contributed by atoms with Crippen molar-refractivity contribution in [3.05, 3.63) is 34.3 Å². The van der Waals surface area contributed by atoms with Crippen LogP contribution < -0.4 is 5.73 Å². The van der Waals surface area contributed by atoms with Crippen molar-refractivity contribution < 1.29 is 9.53 Å². The lowest BCUT2D eigenvalue weighted by atomic mass is 10.0. The lowest BCUT2D eigenvalue weighted by molar-refractivity contribution is -0.128. The first-order valence-corrected chi connectivity index (χ1v) is 6.61. The smallest absolute Gasteiger partial charge is 0.165 e. The highest BCUT2D eigenvalue weighted by Gasteiger charge is 2.29. The fraction of sp³-hybridized carbons (Fsp3) is 0.462. The normalized spacial score (nSPS) is 23.9. The molecule has 0 aliphatic carbocycles. The zero-order valence-corrected chi connectivity index (χ0v) is 11.2. The Labute approximate surface area is 109 Å². The van der Waals surface area contributed by atoms with Crippen LogP contribution in [0.3, 0.4) is 0 Å². The van der Waals surface area contributed by atoms with Crippen LogP contribution in [0, 0.1) is 0 Å². The average Bonchev–Trinajstić information content (AvgIpc) is 2.77. The summed E-state index contributed by atoms with van der Waals surface area (Å²) >= 11 is 3.40. The zero-order valence-electron chi connectivity index (χ0n) is 9.56. The van der Waals surface area contributed by atoms with Crippen LogP contribution in [-0.2, 0) is 16.0 Å². The maximum Gasteiger partial charge on any atom is 0.165 e. The van der Waals surface area contributed by atoms with Crippen LogP contribution in [0.4, 0.5) is 0 Å². The summed E-state index contributed by atoms with van der Waals surface area (Å²) in [5, 5.41) is 0. The minimum Gasteiger partial charge on any atom is -0.366 e. The predicted molar refractivity (Wildman–Crippen MR) is 69.8 cm³/mol. The minimum atomic E-state index is -0.262. The molecule has 4 heteroatoms. The van der Waals surface area contributed by atoms with Gasteiger partial charge in [-0.3, -0.25) is 4.79 Å². The number of rotatable bonds is 4. The Morgan fingerprint density at radius 1 is 1.47 bits per heavy atom. The molecule has 0 spiro atoms. The highest BCUT2D eigenvalue weighted by Crippen LogP contribution is 2.21. The second-order valence-corrected chi connectivity index (χ2v) is 5.25. The van der Waals surface area contributed by atoms with Gasteiger partial charge in [0.05, 0.1) is 6.10 Å². The SMILES string of the molecule is NCC1CCC(C(=O)Cc2cccc(Br)c2)O1. The molecule has 0 aromatic heterocycles. The number of hydrogen-bond acceptors (Lipinski definition) is 3. The maximum absolute atomic E-state index is 12.0. The van der Waals surface area contributed by atoms with Gasteiger partial charge in [-0.05, 0) is 30.5 Å². The number of carbonyl (C=O) groups excluding carboxylic acids is 1. The summed E-state index contributed by atoms with van der Waals surface area (Å²) in [5.41, 5.74) is 6.54. The van der Waals surface area contributed by atoms with Gasteiger partial charge in [0, 0.05) is 17.4 Å². The molecule has 2 rings (SSSR count). The monoisotopic (exact) mass is 297 g/mol. The lowest BCUT2D eigenvalue weighted by Crippen LogP contribution is -2.26. The van der Waals surface area contributed by atoms with Crippen LogP contribution in [0.25, 0.3) is 0 Å². The van der Waals surface area contributed by atoms with Crippen molar-refractivity contribution in [1.29, 1.82) is 0 Å². The van der Waals surface area contributed by atoms with Crippen LogP contribution in [0.1, 0.15) is 18.4 Å². The number of benzene rings is 1. The number of halogens is 1. The van der Waals surface area contributed by atoms with Gasteiger partial charge in [-0.15, -0.1) is 0 Å². The molecule has 1 saturated heterocycles. The molecule has 0 amide bonds. The molecule has 0 bridgehead atoms. The van der Waals surface area contributed by atoms with Gasteiger partial charge >= 0.3 is 0 Å². The molecule has 0 radical (unpaired) electrons. The summed E-state index contributed by atoms with van der Waals surface area (Å²) in [4.78, 5) is 12.0. The Morgan fingerprint density at radius 3 is 2.94 bits per heavy atom. The van der Waals surface area contributed by atoms with Gasteiger partial charge in [-0.25, -0.2) is 0 Å². The van der Waals surface area contributed by atoms with Crippen LogP contribution in [0.2, 0.25) is 0 Å². The lowest BCUT2D eigenvalue weighted by Gasteiger charge is -2.11. The molecule has 1 aliphatic rings. The zero-order chi connectivity index (χ0) is 12.3. The minimum absolute atomic E-state index is 0.0615. The van der Waals surface area contributed by atoms with E-state index in [1.54, 1.807) is 0 Å². The first-order valence-electron chi connectivity index (χ1n) is 5.81. The van der Waals surface area contributed by atoms with E-state index in [4.69, 9.17) is 10.5 Å². The maximum atomic E-state index is 12.0. The summed E-state index contributed by atoms with van der Waals surface area (Å²) in [6, 6.07) is 7.81. The van der Waals surface area contributed by atoms with E-state index in [0.29, 0.717) is 13.0 Å². The van der Waals surface area contributed by atoms with E-state index in [0.717, 1.165) is 22.9 Å². The Hall–Kier alpha value is -0.710. The molecule has 1 fully saturated rings. The molecule has 3 nitrogen and oxygen atoms in total. The molecule has 1 aromatic carbocycles. The largest absolute Gasteiger partial charge is 0.366 e. The van der Waals surface area contributed by atoms with Crippen molar-refractivity contribution in [1.82, 2.24) is 0 Å². The van der Waals surface area contributed by atoms with Gasteiger partial charge in [-0.2, -0.15) is 0 Å². The van der Waals surface area contributed by atoms with Crippen LogP contribution in [-0.4, -0.2) is 24.5 Å². The fourth-order valence-electron chi connectivity index (χ4n) is 2.08. The van der Waals surface area contributed by atoms with E-state index in [-0.39, 0.29) is 18.0 Å². The van der Waals surface area contributed by atoms with Gasteiger partial charge in [0.15, 0.2) is 5.78 Å². The number of Topliss-reactive ketones (excluding diaryl/α,β-unsaturated/α-hetero) is 1. The second-order valence-electron chi connectivity index (χ2n) is 4.33. The summed E-state index contributed by atoms with van der Waals surface area (Å²) in [6.45, 7) is 0.501. The third-order valence-electron chi connectivity index (χ3n) is 3.00. The summed E-state index contributed by atoms with van der Waals surface area (Å²) in [6.07, 6.45) is 1.93. The molecule has 2 atom stereocenters. The first kappa shape index (κ1) is 12.7. The van der Waals surface area contributed by atoms with Crippen LogP contribution >= 0.6 is 15.9 Å². The van der Waals surface area contributed by atoms with Crippen molar-refractivity contribution >= 4 is 21.7 Å². The van der Waals surface area contributed by atoms with E-state index in [1.807, 2.05) is 24.3 Å². The molecule has 1 aromatic rings. The molecule has 1 aliphatic heterocycles. The van der Waals surface area contributed by atoms with Crippen molar-refractivity contribution in [3.63, 3.8) is 0 Å². The van der Waals surface area contributed by atoms with Gasteiger partial charge in [-0.1, -0.05) is 28.1 Å². The Balaban J connectivity index is 1.93. The predicted octanol–water partition coefficient (Wildman–Crippen LogP) is 2.07. The summed E-state index contributed by atoms with van der Waals surface area (Å²) < 4.78 is 6.58. The van der Waals surface area contributed by atoms with E-state index in [1.165, 1.54) is 0 Å². The van der Waals surface area contributed by atoms with Crippen molar-refractivity contribution in [2.45, 2.75) is 31.5 Å². The number of ketones is 1. The topological polar surface area (TPSA) is 52.3 Å². The van der Waals surface area contributed by atoms with Gasteiger partial charge in [0.2, 0.25) is 0 Å². The molecule has 2 unspecified atom stereocenters. The molecule has 2 N–H and O–H groups in total. The third kappa shape index (κ3) is 3.37. The Kier molecular flexibility index (Phi) is 4.31. The van der Waals surface area contributed by atoms with E-state index in [2.05, 4.69) is 15.9 Å². The number of nitrogens with two attached hydrogens (primary N) is 1. The molecule has 92 valence electrons. The Bertz CT molecular complexity index is 408. The summed E-state index contributed by atoms with van der Waals surface area (Å²) in [7, 11) is 0. The van der Waals surface area contributed by atoms with Crippen LogP contribution in [0.5, 0.6) is 0 Å². The standard InChI is InChI=1S/C13H16BrNO2/c14-10-3-1-2-9(6-10)7-12(16)13-5-4-11(8-15)17-13/h1-3,6,11,13H,4-5,7-8,15H2. The highest BCUT2D eigenvalue weighted by atomic mass is 79.9. The van der Waals surface area contributed by atoms with E-state index >= 15 is 0 Å². The van der Waals surface area contributed by atoms with E-state index < -0.39 is 0 Å². The average molecular weight is 298 g/mol. The number of hydrogen-bond donors (Lipinski definition) is 1. The van der Waals surface area contributed by atoms with Gasteiger partial charge < -0.3 is 10.5 Å². The number of ether oxygens (including phenoxy) is 1. The molecule has 0 saturated carbocycles. The van der Waals surface area contributed by atoms with E-state index in [9.17, 15) is 4.79 Å². The van der Waals surface area contributed by atoms with Gasteiger partial charge in [0.25, 0.3) is 0 Å². The Morgan fingerprint density at radius 2 is 2.29 bits per heavy atom. The van der Waals surface area contributed by atoms with Gasteiger partial charge in [0.1, 0.15) is 6.10 Å². The highest BCUT2D eigenvalue weighted by molar-refractivity contribution is 9.10. The summed E-state index contributed by atoms with van der Waals surface area (Å²) in [5.74, 6) is 0.152. The molecular formula is C13H16BrNO2. The molecular weight excluding hydrogens is 282 g/mol. The van der Waals surface area contributed by atoms with Crippen LogP contribution in [0.15, 0.2) is 28.7 Å². The molecule has 1 heterocycles. The molecule has 17 heavy (non-hydrogen) atoms. The van der Waals surface area contributed by atoms with Crippen molar-refractivity contribution in [2.75, 3.05) is 6.54 Å². The quantitative estimate of drug-likeness (QED) is 0.926. The number of carbonyl (C=O) groups is 1. The third-order valence-corrected chi connectivity index (χ3v) is 3.49. The van der Waals surface area contributed by atoms with Crippen molar-refractivity contribution in [3.8, 4) is 0 Å². The first-order chi connectivity index (χ1) is 8.19. The second kappa shape index (κ2) is 5.76.